The average molecular weight is 380 g/mol. The lowest BCUT2D eigenvalue weighted by atomic mass is 10.3. The van der Waals surface area contributed by atoms with Crippen LogP contribution in [0.3, 0.4) is 0 Å². The van der Waals surface area contributed by atoms with Crippen molar-refractivity contribution in [1.29, 1.82) is 0 Å². The lowest BCUT2D eigenvalue weighted by Crippen LogP contribution is -2.15. The van der Waals surface area contributed by atoms with E-state index in [9.17, 15) is 5.11 Å². The number of rotatable bonds is 6. The maximum Gasteiger partial charge on any atom is 0.144 e. The van der Waals surface area contributed by atoms with Gasteiger partial charge in [-0.15, -0.1) is 11.3 Å². The molecule has 0 bridgehead atoms. The molecule has 0 saturated carbocycles. The zero-order valence-corrected chi connectivity index (χ0v) is 16.0. The van der Waals surface area contributed by atoms with Gasteiger partial charge in [0.1, 0.15) is 28.9 Å². The van der Waals surface area contributed by atoms with Crippen LogP contribution in [0.5, 0.6) is 5.75 Å². The van der Waals surface area contributed by atoms with Crippen LogP contribution in [0.15, 0.2) is 36.7 Å². The third-order valence-corrected chi connectivity index (χ3v) is 4.69. The number of hydrogen-bond acceptors (Lipinski definition) is 7. The first-order valence-electron chi connectivity index (χ1n) is 8.57. The molecule has 0 aliphatic heterocycles. The average Bonchev–Trinajstić information content (AvgIpc) is 3.11. The summed E-state index contributed by atoms with van der Waals surface area (Å²) in [6.07, 6.45) is 7.11. The molecule has 2 aromatic heterocycles. The zero-order valence-electron chi connectivity index (χ0n) is 15.1. The number of allylic oxidation sites excluding steroid dienone is 1. The van der Waals surface area contributed by atoms with Gasteiger partial charge in [-0.25, -0.2) is 15.0 Å². The third kappa shape index (κ3) is 5.26. The van der Waals surface area contributed by atoms with Crippen molar-refractivity contribution in [1.82, 2.24) is 15.0 Å². The quantitative estimate of drug-likeness (QED) is 0.639. The summed E-state index contributed by atoms with van der Waals surface area (Å²) < 4.78 is 6.64. The predicted octanol–water partition coefficient (Wildman–Crippen LogP) is 3.34. The normalized spacial score (nSPS) is 12.0. The van der Waals surface area contributed by atoms with Crippen molar-refractivity contribution in [2.75, 3.05) is 19.0 Å². The Kier molecular flexibility index (Phi) is 6.36. The van der Waals surface area contributed by atoms with Crippen LogP contribution in [0.25, 0.3) is 16.3 Å². The van der Waals surface area contributed by atoms with Crippen LogP contribution >= 0.6 is 11.3 Å². The molecule has 6 nitrogen and oxygen atoms in total. The maximum atomic E-state index is 9.60. The second-order valence-electron chi connectivity index (χ2n) is 5.69. The van der Waals surface area contributed by atoms with Crippen LogP contribution in [0.4, 0.5) is 5.82 Å². The van der Waals surface area contributed by atoms with Gasteiger partial charge in [-0.1, -0.05) is 12.8 Å². The van der Waals surface area contributed by atoms with Crippen molar-refractivity contribution in [3.63, 3.8) is 0 Å². The Morgan fingerprint density at radius 3 is 2.96 bits per heavy atom. The smallest absolute Gasteiger partial charge is 0.144 e. The van der Waals surface area contributed by atoms with Gasteiger partial charge in [-0.05, 0) is 42.7 Å². The highest BCUT2D eigenvalue weighted by atomic mass is 32.1. The minimum absolute atomic E-state index is 0.293. The molecule has 7 heteroatoms. The van der Waals surface area contributed by atoms with Crippen molar-refractivity contribution in [2.45, 2.75) is 19.4 Å². The number of aliphatic hydroxyl groups excluding tert-OH is 1. The van der Waals surface area contributed by atoms with Gasteiger partial charge < -0.3 is 15.2 Å². The largest absolute Gasteiger partial charge is 0.491 e. The van der Waals surface area contributed by atoms with E-state index in [2.05, 4.69) is 32.1 Å². The molecule has 138 valence electrons. The summed E-state index contributed by atoms with van der Waals surface area (Å²) >= 11 is 1.56. The van der Waals surface area contributed by atoms with Gasteiger partial charge in [-0.2, -0.15) is 0 Å². The standard InChI is InChI=1S/C20H20N4O2S/c1-3-15(25)13-26-16-8-9-17-18(10-16)27-20(24-17)7-5-4-6-14-11-23-19(21-2)12-22-14/h5,7-12,15,25H,3,13H2,1-2H3,(H,21,23)/b7-5+. The lowest BCUT2D eigenvalue weighted by molar-refractivity contribution is 0.104. The van der Waals surface area contributed by atoms with Crippen molar-refractivity contribution < 1.29 is 9.84 Å². The molecule has 0 fully saturated rings. The van der Waals surface area contributed by atoms with Crippen LogP contribution in [0.2, 0.25) is 0 Å². The van der Waals surface area contributed by atoms with E-state index in [1.165, 1.54) is 0 Å². The molecule has 3 aromatic rings. The number of thiazole rings is 1. The minimum Gasteiger partial charge on any atom is -0.491 e. The number of anilines is 1. The molecule has 2 heterocycles. The number of aromatic nitrogens is 3. The number of aliphatic hydroxyl groups is 1. The first-order chi connectivity index (χ1) is 13.2. The molecular weight excluding hydrogens is 360 g/mol. The number of hydrogen-bond donors (Lipinski definition) is 2. The first-order valence-corrected chi connectivity index (χ1v) is 9.39. The molecule has 1 aromatic carbocycles. The fraction of sp³-hybridized carbons (Fsp3) is 0.250. The predicted molar refractivity (Wildman–Crippen MR) is 109 cm³/mol. The molecule has 3 rings (SSSR count). The fourth-order valence-corrected chi connectivity index (χ4v) is 3.04. The number of benzene rings is 1. The van der Waals surface area contributed by atoms with E-state index in [4.69, 9.17) is 4.74 Å². The van der Waals surface area contributed by atoms with Gasteiger partial charge in [0.05, 0.1) is 28.7 Å². The van der Waals surface area contributed by atoms with Crippen LogP contribution in [0, 0.1) is 11.8 Å². The molecule has 0 spiro atoms. The maximum absolute atomic E-state index is 9.60. The Morgan fingerprint density at radius 1 is 1.33 bits per heavy atom. The van der Waals surface area contributed by atoms with Crippen molar-refractivity contribution in [3.05, 3.63) is 47.4 Å². The number of fused-ring (bicyclic) bond motifs is 1. The highest BCUT2D eigenvalue weighted by molar-refractivity contribution is 7.19. The second kappa shape index (κ2) is 9.12. The van der Waals surface area contributed by atoms with E-state index in [0.717, 1.165) is 21.0 Å². The summed E-state index contributed by atoms with van der Waals surface area (Å²) in [5.41, 5.74) is 1.52. The number of nitrogens with zero attached hydrogens (tertiary/aromatic N) is 3. The topological polar surface area (TPSA) is 80.2 Å². The fourth-order valence-electron chi connectivity index (χ4n) is 2.14. The molecule has 0 radical (unpaired) electrons. The van der Waals surface area contributed by atoms with Crippen molar-refractivity contribution in [3.8, 4) is 17.6 Å². The summed E-state index contributed by atoms with van der Waals surface area (Å²) in [5.74, 6) is 7.32. The molecule has 2 N–H and O–H groups in total. The molecule has 0 saturated heterocycles. The highest BCUT2D eigenvalue weighted by Crippen LogP contribution is 2.27. The van der Waals surface area contributed by atoms with Crippen LogP contribution in [-0.2, 0) is 0 Å². The second-order valence-corrected chi connectivity index (χ2v) is 6.76. The molecule has 0 aliphatic rings. The Bertz CT molecular complexity index is 987. The summed E-state index contributed by atoms with van der Waals surface area (Å²) in [4.78, 5) is 12.9. The van der Waals surface area contributed by atoms with Gasteiger partial charge in [0, 0.05) is 7.05 Å². The Morgan fingerprint density at radius 2 is 2.22 bits per heavy atom. The Hall–Kier alpha value is -2.95. The number of ether oxygens (including phenoxy) is 1. The van der Waals surface area contributed by atoms with Gasteiger partial charge in [0.25, 0.3) is 0 Å². The summed E-state index contributed by atoms with van der Waals surface area (Å²) in [6, 6.07) is 5.73. The molecular formula is C20H20N4O2S. The first kappa shape index (κ1) is 18.8. The molecule has 1 unspecified atom stereocenters. The van der Waals surface area contributed by atoms with E-state index in [1.54, 1.807) is 36.9 Å². The lowest BCUT2D eigenvalue weighted by Gasteiger charge is -2.09. The summed E-state index contributed by atoms with van der Waals surface area (Å²) in [7, 11) is 1.79. The molecule has 1 atom stereocenters. The SMILES string of the molecule is CCC(O)COc1ccc2nc(/C=C/C#Cc3cnc(NC)cn3)sc2c1. The molecule has 0 amide bonds. The summed E-state index contributed by atoms with van der Waals surface area (Å²) in [5, 5.41) is 13.4. The van der Waals surface area contributed by atoms with Crippen LogP contribution in [0.1, 0.15) is 24.0 Å². The van der Waals surface area contributed by atoms with E-state index < -0.39 is 6.10 Å². The monoisotopic (exact) mass is 380 g/mol. The molecule has 0 aliphatic carbocycles. The van der Waals surface area contributed by atoms with E-state index in [0.29, 0.717) is 24.5 Å². The van der Waals surface area contributed by atoms with E-state index in [-0.39, 0.29) is 0 Å². The summed E-state index contributed by atoms with van der Waals surface area (Å²) in [6.45, 7) is 2.22. The van der Waals surface area contributed by atoms with Crippen LogP contribution < -0.4 is 10.1 Å². The van der Waals surface area contributed by atoms with Crippen LogP contribution in [-0.4, -0.2) is 39.8 Å². The van der Waals surface area contributed by atoms with Crippen molar-refractivity contribution in [2.24, 2.45) is 0 Å². The van der Waals surface area contributed by atoms with Gasteiger partial charge in [0.2, 0.25) is 0 Å². The minimum atomic E-state index is -0.446. The van der Waals surface area contributed by atoms with Gasteiger partial charge in [-0.3, -0.25) is 0 Å². The number of nitrogens with one attached hydrogen (secondary N) is 1. The molecule has 27 heavy (non-hydrogen) atoms. The van der Waals surface area contributed by atoms with Gasteiger partial charge >= 0.3 is 0 Å². The van der Waals surface area contributed by atoms with E-state index in [1.807, 2.05) is 31.2 Å². The third-order valence-electron chi connectivity index (χ3n) is 3.71. The Labute approximate surface area is 162 Å². The zero-order chi connectivity index (χ0) is 19.1. The van der Waals surface area contributed by atoms with Crippen molar-refractivity contribution >= 4 is 33.4 Å². The van der Waals surface area contributed by atoms with E-state index >= 15 is 0 Å². The van der Waals surface area contributed by atoms with Gasteiger partial charge in [0.15, 0.2) is 0 Å². The highest BCUT2D eigenvalue weighted by Gasteiger charge is 2.05. The Balaban J connectivity index is 1.66.